The maximum Gasteiger partial charge on any atom is 0.160 e. The zero-order valence-corrected chi connectivity index (χ0v) is 30.5. The van der Waals surface area contributed by atoms with E-state index in [1.54, 1.807) is 0 Å². The summed E-state index contributed by atoms with van der Waals surface area (Å²) in [5, 5.41) is 8.54. The number of hydrogen-bond donors (Lipinski definition) is 0. The van der Waals surface area contributed by atoms with E-state index in [2.05, 4.69) is 188 Å². The van der Waals surface area contributed by atoms with Gasteiger partial charge in [0.2, 0.25) is 0 Å². The summed E-state index contributed by atoms with van der Waals surface area (Å²) in [5.74, 6) is 0.697. The molecule has 11 rings (SSSR count). The summed E-state index contributed by atoms with van der Waals surface area (Å²) in [5.41, 5.74) is 9.94. The number of thiophene rings is 1. The Hall–Kier alpha value is -7.01. The van der Waals surface area contributed by atoms with Crippen molar-refractivity contribution in [2.75, 3.05) is 0 Å². The summed E-state index contributed by atoms with van der Waals surface area (Å²) in [6, 6.07) is 66.5. The van der Waals surface area contributed by atoms with E-state index < -0.39 is 0 Å². The molecule has 55 heavy (non-hydrogen) atoms. The Morgan fingerprint density at radius 2 is 0.909 bits per heavy atom. The molecule has 256 valence electrons. The van der Waals surface area contributed by atoms with Crippen LogP contribution in [-0.2, 0) is 0 Å². The predicted octanol–water partition coefficient (Wildman–Crippen LogP) is 14.0. The van der Waals surface area contributed by atoms with E-state index in [1.165, 1.54) is 36.3 Å². The van der Waals surface area contributed by atoms with Crippen molar-refractivity contribution in [2.24, 2.45) is 0 Å². The van der Waals surface area contributed by atoms with Crippen LogP contribution in [0.2, 0.25) is 0 Å². The number of pyridine rings is 1. The smallest absolute Gasteiger partial charge is 0.160 e. The molecule has 3 heterocycles. The Morgan fingerprint density at radius 3 is 1.65 bits per heavy atom. The van der Waals surface area contributed by atoms with Gasteiger partial charge in [-0.2, -0.15) is 0 Å². The average Bonchev–Trinajstić information content (AvgIpc) is 3.65. The first-order valence-electron chi connectivity index (χ1n) is 18.5. The highest BCUT2D eigenvalue weighted by atomic mass is 32.1. The maximum absolute atomic E-state index is 5.36. The molecule has 0 aliphatic carbocycles. The second-order valence-electron chi connectivity index (χ2n) is 13.9. The van der Waals surface area contributed by atoms with Crippen molar-refractivity contribution in [1.82, 2.24) is 15.0 Å². The molecule has 0 amide bonds. The van der Waals surface area contributed by atoms with Gasteiger partial charge in [0.05, 0.1) is 22.6 Å². The fourth-order valence-corrected chi connectivity index (χ4v) is 9.30. The van der Waals surface area contributed by atoms with E-state index >= 15 is 0 Å². The lowest BCUT2D eigenvalue weighted by Gasteiger charge is -2.17. The molecule has 0 aliphatic heterocycles. The van der Waals surface area contributed by atoms with Crippen molar-refractivity contribution in [3.8, 4) is 56.3 Å². The van der Waals surface area contributed by atoms with Gasteiger partial charge in [0.15, 0.2) is 5.82 Å². The van der Waals surface area contributed by atoms with Crippen molar-refractivity contribution < 1.29 is 0 Å². The molecule has 11 aromatic rings. The standard InChI is InChI=1S/C51H31N3S/c1-3-14-34(15-4-1)48-45(49(35-16-5-2-6-17-35)54-51(53-48)38-28-23-32-13-7-8-18-37(32)31-38)33-24-26-36(27-25-33)47-42-30-29-40-39-19-10-12-22-44(39)55-50(40)46(42)41-20-9-11-21-43(41)52-47/h1-31H. The van der Waals surface area contributed by atoms with Crippen LogP contribution < -0.4 is 0 Å². The van der Waals surface area contributed by atoms with Crippen LogP contribution in [0.25, 0.3) is 109 Å². The van der Waals surface area contributed by atoms with E-state index in [0.717, 1.165) is 66.8 Å². The molecule has 0 N–H and O–H groups in total. The molecular weight excluding hydrogens is 687 g/mol. The lowest BCUT2D eigenvalue weighted by molar-refractivity contribution is 1.19. The van der Waals surface area contributed by atoms with Crippen molar-refractivity contribution in [3.05, 3.63) is 188 Å². The molecule has 0 radical (unpaired) electrons. The lowest BCUT2D eigenvalue weighted by atomic mass is 9.92. The normalized spacial score (nSPS) is 11.6. The fourth-order valence-electron chi connectivity index (χ4n) is 8.03. The van der Waals surface area contributed by atoms with Crippen LogP contribution in [-0.4, -0.2) is 15.0 Å². The molecule has 0 saturated carbocycles. The third-order valence-corrected chi connectivity index (χ3v) is 11.9. The van der Waals surface area contributed by atoms with Gasteiger partial charge in [-0.15, -0.1) is 11.3 Å². The monoisotopic (exact) mass is 717 g/mol. The van der Waals surface area contributed by atoms with Gasteiger partial charge in [-0.05, 0) is 34.5 Å². The molecule has 0 aliphatic rings. The van der Waals surface area contributed by atoms with Crippen LogP contribution in [0, 0.1) is 0 Å². The van der Waals surface area contributed by atoms with E-state index in [4.69, 9.17) is 15.0 Å². The number of rotatable bonds is 5. The Bertz CT molecular complexity index is 3180. The minimum atomic E-state index is 0.697. The molecule has 0 unspecified atom stereocenters. The van der Waals surface area contributed by atoms with Crippen LogP contribution in [0.4, 0.5) is 0 Å². The number of aromatic nitrogens is 3. The van der Waals surface area contributed by atoms with Crippen LogP contribution in [0.15, 0.2) is 188 Å². The van der Waals surface area contributed by atoms with Gasteiger partial charge in [-0.1, -0.05) is 170 Å². The minimum absolute atomic E-state index is 0.697. The second kappa shape index (κ2) is 12.8. The van der Waals surface area contributed by atoms with Gasteiger partial charge in [0.1, 0.15) is 0 Å². The second-order valence-corrected chi connectivity index (χ2v) is 15.0. The molecule has 4 heteroatoms. The van der Waals surface area contributed by atoms with Gasteiger partial charge in [-0.25, -0.2) is 15.0 Å². The summed E-state index contributed by atoms with van der Waals surface area (Å²) < 4.78 is 2.60. The first-order valence-corrected chi connectivity index (χ1v) is 19.3. The summed E-state index contributed by atoms with van der Waals surface area (Å²) >= 11 is 1.87. The molecule has 8 aromatic carbocycles. The highest BCUT2D eigenvalue weighted by molar-refractivity contribution is 7.26. The quantitative estimate of drug-likeness (QED) is 0.166. The number of nitrogens with zero attached hydrogens (tertiary/aromatic N) is 3. The minimum Gasteiger partial charge on any atom is -0.247 e. The molecule has 0 saturated heterocycles. The Labute approximate surface area is 321 Å². The van der Waals surface area contributed by atoms with E-state index in [-0.39, 0.29) is 0 Å². The highest BCUT2D eigenvalue weighted by Crippen LogP contribution is 2.44. The largest absolute Gasteiger partial charge is 0.247 e. The van der Waals surface area contributed by atoms with Gasteiger partial charge in [0, 0.05) is 64.1 Å². The number of benzene rings is 8. The maximum atomic E-state index is 5.36. The van der Waals surface area contributed by atoms with E-state index in [1.807, 2.05) is 11.3 Å². The van der Waals surface area contributed by atoms with Crippen molar-refractivity contribution in [2.45, 2.75) is 0 Å². The molecule has 0 fully saturated rings. The third kappa shape index (κ3) is 5.30. The molecule has 0 bridgehead atoms. The number of para-hydroxylation sites is 1. The predicted molar refractivity (Wildman–Crippen MR) is 232 cm³/mol. The SMILES string of the molecule is c1ccc(-c2nc(-c3ccc4ccccc4c3)nc(-c3ccccc3)c2-c2ccc(-c3nc4ccccc4c4c3ccc3c5ccccc5sc34)cc2)cc1. The zero-order valence-electron chi connectivity index (χ0n) is 29.6. The summed E-state index contributed by atoms with van der Waals surface area (Å²) in [4.78, 5) is 16.0. The van der Waals surface area contributed by atoms with Gasteiger partial charge in [0.25, 0.3) is 0 Å². The summed E-state index contributed by atoms with van der Waals surface area (Å²) in [7, 11) is 0. The molecular formula is C51H31N3S. The third-order valence-electron chi connectivity index (χ3n) is 10.7. The van der Waals surface area contributed by atoms with Crippen LogP contribution >= 0.6 is 11.3 Å². The Kier molecular flexibility index (Phi) is 7.35. The van der Waals surface area contributed by atoms with E-state index in [9.17, 15) is 0 Å². The topological polar surface area (TPSA) is 38.7 Å². The molecule has 0 spiro atoms. The van der Waals surface area contributed by atoms with Crippen LogP contribution in [0.1, 0.15) is 0 Å². The molecule has 0 atom stereocenters. The number of hydrogen-bond acceptors (Lipinski definition) is 4. The van der Waals surface area contributed by atoms with Crippen molar-refractivity contribution in [1.29, 1.82) is 0 Å². The first-order chi connectivity index (χ1) is 27.3. The average molecular weight is 718 g/mol. The van der Waals surface area contributed by atoms with Crippen molar-refractivity contribution >= 4 is 64.0 Å². The van der Waals surface area contributed by atoms with Gasteiger partial charge < -0.3 is 0 Å². The zero-order chi connectivity index (χ0) is 36.3. The summed E-state index contributed by atoms with van der Waals surface area (Å²) in [6.07, 6.45) is 0. The number of fused-ring (bicyclic) bond motifs is 8. The fraction of sp³-hybridized carbons (Fsp3) is 0. The van der Waals surface area contributed by atoms with E-state index in [0.29, 0.717) is 5.82 Å². The lowest BCUT2D eigenvalue weighted by Crippen LogP contribution is -2.01. The van der Waals surface area contributed by atoms with Crippen molar-refractivity contribution in [3.63, 3.8) is 0 Å². The van der Waals surface area contributed by atoms with Crippen LogP contribution in [0.5, 0.6) is 0 Å². The Balaban J connectivity index is 1.13. The van der Waals surface area contributed by atoms with Crippen LogP contribution in [0.3, 0.4) is 0 Å². The van der Waals surface area contributed by atoms with Gasteiger partial charge in [-0.3, -0.25) is 0 Å². The first kappa shape index (κ1) is 31.5. The molecule has 3 aromatic heterocycles. The highest BCUT2D eigenvalue weighted by Gasteiger charge is 2.21. The Morgan fingerprint density at radius 1 is 0.345 bits per heavy atom. The van der Waals surface area contributed by atoms with Gasteiger partial charge >= 0.3 is 0 Å². The summed E-state index contributed by atoms with van der Waals surface area (Å²) in [6.45, 7) is 0. The molecule has 3 nitrogen and oxygen atoms in total.